The van der Waals surface area contributed by atoms with Gasteiger partial charge in [-0.2, -0.15) is 8.42 Å². The van der Waals surface area contributed by atoms with Crippen molar-refractivity contribution in [3.8, 4) is 11.5 Å². The van der Waals surface area contributed by atoms with Gasteiger partial charge in [0.25, 0.3) is 16.0 Å². The summed E-state index contributed by atoms with van der Waals surface area (Å²) in [6.45, 7) is 8.13. The van der Waals surface area contributed by atoms with E-state index in [2.05, 4.69) is 35.5 Å². The number of ether oxygens (including phenoxy) is 1. The highest BCUT2D eigenvalue weighted by Crippen LogP contribution is 2.25. The Morgan fingerprint density at radius 1 is 1.24 bits per heavy atom. The predicted molar refractivity (Wildman–Crippen MR) is 111 cm³/mol. The standard InChI is InChI=1S/C20H27N3O5S/c1-14(2)8-9-21-11-16-4-7-19(15(3)10-16)28-17-5-6-18(22-12-17)20(24)23-13-29(25,26)27/h4-7,10,12,14,21H,8-9,11,13H2,1-3H3,(H,23,24)(H,25,26,27). The summed E-state index contributed by atoms with van der Waals surface area (Å²) in [6, 6.07) is 8.92. The van der Waals surface area contributed by atoms with Crippen LogP contribution in [0.4, 0.5) is 0 Å². The van der Waals surface area contributed by atoms with Gasteiger partial charge in [-0.3, -0.25) is 9.35 Å². The van der Waals surface area contributed by atoms with Gasteiger partial charge in [-0.1, -0.05) is 26.0 Å². The summed E-state index contributed by atoms with van der Waals surface area (Å²) >= 11 is 0. The maximum Gasteiger partial charge on any atom is 0.283 e. The first-order valence-electron chi connectivity index (χ1n) is 9.31. The van der Waals surface area contributed by atoms with Gasteiger partial charge in [0.1, 0.15) is 23.1 Å². The molecule has 0 aliphatic carbocycles. The zero-order chi connectivity index (χ0) is 21.4. The normalized spacial score (nSPS) is 11.5. The summed E-state index contributed by atoms with van der Waals surface area (Å²) in [4.78, 5) is 15.8. The van der Waals surface area contributed by atoms with Gasteiger partial charge < -0.3 is 15.4 Å². The number of carbonyl (C=O) groups excluding carboxylic acids is 1. The van der Waals surface area contributed by atoms with Crippen LogP contribution in [0, 0.1) is 12.8 Å². The minimum Gasteiger partial charge on any atom is -0.455 e. The third kappa shape index (κ3) is 8.18. The van der Waals surface area contributed by atoms with E-state index in [-0.39, 0.29) is 5.69 Å². The molecule has 2 aromatic rings. The third-order valence-electron chi connectivity index (χ3n) is 4.08. The number of hydrogen-bond donors (Lipinski definition) is 3. The van der Waals surface area contributed by atoms with E-state index in [1.807, 2.05) is 19.1 Å². The number of carbonyl (C=O) groups is 1. The minimum absolute atomic E-state index is 0.0144. The molecule has 0 atom stereocenters. The molecule has 0 bridgehead atoms. The monoisotopic (exact) mass is 421 g/mol. The molecule has 0 radical (unpaired) electrons. The van der Waals surface area contributed by atoms with Crippen molar-refractivity contribution in [1.29, 1.82) is 0 Å². The van der Waals surface area contributed by atoms with Crippen molar-refractivity contribution in [2.75, 3.05) is 12.4 Å². The Morgan fingerprint density at radius 3 is 2.59 bits per heavy atom. The van der Waals surface area contributed by atoms with E-state index < -0.39 is 21.9 Å². The lowest BCUT2D eigenvalue weighted by Gasteiger charge is -2.12. The molecule has 1 amide bonds. The number of pyridine rings is 1. The molecule has 8 nitrogen and oxygen atoms in total. The molecule has 0 fully saturated rings. The molecule has 0 spiro atoms. The Labute approximate surface area is 171 Å². The zero-order valence-electron chi connectivity index (χ0n) is 16.8. The Balaban J connectivity index is 1.93. The molecule has 29 heavy (non-hydrogen) atoms. The lowest BCUT2D eigenvalue weighted by atomic mass is 10.1. The first-order chi connectivity index (χ1) is 13.6. The van der Waals surface area contributed by atoms with E-state index in [9.17, 15) is 13.2 Å². The van der Waals surface area contributed by atoms with E-state index in [0.29, 0.717) is 17.4 Å². The molecule has 0 aliphatic heterocycles. The van der Waals surface area contributed by atoms with Gasteiger partial charge in [-0.15, -0.1) is 0 Å². The number of aryl methyl sites for hydroxylation is 1. The fraction of sp³-hybridized carbons (Fsp3) is 0.400. The van der Waals surface area contributed by atoms with Crippen LogP contribution in [0.5, 0.6) is 11.5 Å². The van der Waals surface area contributed by atoms with Gasteiger partial charge in [0.15, 0.2) is 0 Å². The Morgan fingerprint density at radius 2 is 2.00 bits per heavy atom. The van der Waals surface area contributed by atoms with Gasteiger partial charge in [0, 0.05) is 6.54 Å². The zero-order valence-corrected chi connectivity index (χ0v) is 17.6. The van der Waals surface area contributed by atoms with Gasteiger partial charge in [0.2, 0.25) is 0 Å². The largest absolute Gasteiger partial charge is 0.455 e. The van der Waals surface area contributed by atoms with Crippen molar-refractivity contribution in [3.63, 3.8) is 0 Å². The van der Waals surface area contributed by atoms with Crippen LogP contribution in [-0.2, 0) is 16.7 Å². The van der Waals surface area contributed by atoms with E-state index in [0.717, 1.165) is 25.1 Å². The summed E-state index contributed by atoms with van der Waals surface area (Å²) in [5.41, 5.74) is 2.16. The fourth-order valence-corrected chi connectivity index (χ4v) is 2.82. The van der Waals surface area contributed by atoms with Crippen LogP contribution in [0.3, 0.4) is 0 Å². The number of rotatable bonds is 10. The van der Waals surface area contributed by atoms with Crippen molar-refractivity contribution in [2.45, 2.75) is 33.7 Å². The molecule has 1 heterocycles. The predicted octanol–water partition coefficient (Wildman–Crippen LogP) is 2.89. The van der Waals surface area contributed by atoms with E-state index in [4.69, 9.17) is 9.29 Å². The first kappa shape index (κ1) is 22.8. The van der Waals surface area contributed by atoms with Crippen LogP contribution in [0.15, 0.2) is 36.5 Å². The number of aromatic nitrogens is 1. The molecule has 0 saturated carbocycles. The van der Waals surface area contributed by atoms with Crippen LogP contribution < -0.4 is 15.4 Å². The first-order valence-corrected chi connectivity index (χ1v) is 10.9. The summed E-state index contributed by atoms with van der Waals surface area (Å²) in [5.74, 6) is 0.223. The number of benzene rings is 1. The number of amides is 1. The molecule has 0 unspecified atom stereocenters. The van der Waals surface area contributed by atoms with Crippen molar-refractivity contribution in [3.05, 3.63) is 53.3 Å². The summed E-state index contributed by atoms with van der Waals surface area (Å²) in [7, 11) is -4.28. The molecule has 2 rings (SSSR count). The second kappa shape index (κ2) is 10.3. The van der Waals surface area contributed by atoms with Crippen LogP contribution in [-0.4, -0.2) is 36.3 Å². The van der Waals surface area contributed by atoms with Crippen LogP contribution >= 0.6 is 0 Å². The topological polar surface area (TPSA) is 118 Å². The van der Waals surface area contributed by atoms with E-state index >= 15 is 0 Å². The Bertz CT molecular complexity index is 928. The van der Waals surface area contributed by atoms with Crippen LogP contribution in [0.2, 0.25) is 0 Å². The highest BCUT2D eigenvalue weighted by atomic mass is 32.2. The van der Waals surface area contributed by atoms with Crippen molar-refractivity contribution >= 4 is 16.0 Å². The maximum atomic E-state index is 11.8. The molecule has 0 aliphatic rings. The highest BCUT2D eigenvalue weighted by molar-refractivity contribution is 7.85. The SMILES string of the molecule is Cc1cc(CNCCC(C)C)ccc1Oc1ccc(C(=O)NCS(=O)(=O)O)nc1. The molecular weight excluding hydrogens is 394 g/mol. The average Bonchev–Trinajstić information content (AvgIpc) is 2.65. The quantitative estimate of drug-likeness (QED) is 0.399. The molecule has 1 aromatic heterocycles. The fourth-order valence-electron chi connectivity index (χ4n) is 2.51. The summed E-state index contributed by atoms with van der Waals surface area (Å²) < 4.78 is 35.8. The van der Waals surface area contributed by atoms with Crippen LogP contribution in [0.1, 0.15) is 41.9 Å². The number of hydrogen-bond acceptors (Lipinski definition) is 6. The number of nitrogens with one attached hydrogen (secondary N) is 2. The molecule has 0 saturated heterocycles. The second-order valence-electron chi connectivity index (χ2n) is 7.17. The lowest BCUT2D eigenvalue weighted by molar-refractivity contribution is 0.0954. The molecule has 1 aromatic carbocycles. The van der Waals surface area contributed by atoms with Gasteiger partial charge >= 0.3 is 0 Å². The van der Waals surface area contributed by atoms with E-state index in [1.165, 1.54) is 17.8 Å². The molecule has 9 heteroatoms. The third-order valence-corrected chi connectivity index (χ3v) is 4.59. The van der Waals surface area contributed by atoms with Crippen LogP contribution in [0.25, 0.3) is 0 Å². The van der Waals surface area contributed by atoms with Gasteiger partial charge in [-0.25, -0.2) is 4.98 Å². The van der Waals surface area contributed by atoms with Gasteiger partial charge in [0.05, 0.1) is 6.20 Å². The lowest BCUT2D eigenvalue weighted by Crippen LogP contribution is -2.29. The molecule has 3 N–H and O–H groups in total. The Kier molecular flexibility index (Phi) is 8.12. The molecule has 158 valence electrons. The smallest absolute Gasteiger partial charge is 0.283 e. The Hall–Kier alpha value is -2.49. The summed E-state index contributed by atoms with van der Waals surface area (Å²) in [5, 5.41) is 5.49. The highest BCUT2D eigenvalue weighted by Gasteiger charge is 2.12. The minimum atomic E-state index is -4.28. The van der Waals surface area contributed by atoms with Crippen molar-refractivity contribution in [1.82, 2.24) is 15.6 Å². The van der Waals surface area contributed by atoms with Gasteiger partial charge in [-0.05, 0) is 55.1 Å². The number of nitrogens with zero attached hydrogens (tertiary/aromatic N) is 1. The van der Waals surface area contributed by atoms with Crippen molar-refractivity contribution in [2.24, 2.45) is 5.92 Å². The maximum absolute atomic E-state index is 11.8. The summed E-state index contributed by atoms with van der Waals surface area (Å²) in [6.07, 6.45) is 2.51. The second-order valence-corrected chi connectivity index (χ2v) is 8.63. The van der Waals surface area contributed by atoms with E-state index in [1.54, 1.807) is 6.07 Å². The average molecular weight is 422 g/mol. The van der Waals surface area contributed by atoms with Crippen molar-refractivity contribution < 1.29 is 22.5 Å². The molecular formula is C20H27N3O5S.